The van der Waals surface area contributed by atoms with Crippen molar-refractivity contribution in [2.45, 2.75) is 25.4 Å². The first-order valence-electron chi connectivity index (χ1n) is 5.72. The molecule has 1 fully saturated rings. The van der Waals surface area contributed by atoms with Crippen molar-refractivity contribution in [3.63, 3.8) is 0 Å². The van der Waals surface area contributed by atoms with Gasteiger partial charge in [-0.2, -0.15) is 13.2 Å². The van der Waals surface area contributed by atoms with Crippen LogP contribution in [-0.2, 0) is 4.79 Å². The third-order valence-corrected chi connectivity index (χ3v) is 3.24. The maximum Gasteiger partial charge on any atom is 0.406 e. The first kappa shape index (κ1) is 15.5. The van der Waals surface area contributed by atoms with Gasteiger partial charge in [0.05, 0.1) is 6.61 Å². The molecule has 1 aliphatic rings. The number of nitrogens with zero attached hydrogens (tertiary/aromatic N) is 2. The van der Waals surface area contributed by atoms with Crippen LogP contribution in [0.5, 0.6) is 0 Å². The Hall–Kier alpha value is -1.51. The molecule has 0 heterocycles. The van der Waals surface area contributed by atoms with Gasteiger partial charge in [-0.15, -0.1) is 0 Å². The van der Waals surface area contributed by atoms with Crippen molar-refractivity contribution in [3.8, 4) is 0 Å². The Morgan fingerprint density at radius 2 is 2.00 bits per heavy atom. The van der Waals surface area contributed by atoms with Crippen molar-refractivity contribution < 1.29 is 28.3 Å². The topological polar surface area (TPSA) is 99.2 Å². The predicted octanol–water partition coefficient (Wildman–Crippen LogP) is 0.286. The van der Waals surface area contributed by atoms with E-state index in [4.69, 9.17) is 16.0 Å². The van der Waals surface area contributed by atoms with Crippen molar-refractivity contribution in [3.05, 3.63) is 0 Å². The van der Waals surface area contributed by atoms with Crippen molar-refractivity contribution in [2.75, 3.05) is 19.7 Å². The minimum Gasteiger partial charge on any atom is -0.409 e. The van der Waals surface area contributed by atoms with E-state index in [0.717, 1.165) is 0 Å². The number of nitrogens with two attached hydrogens (primary N) is 1. The van der Waals surface area contributed by atoms with Crippen LogP contribution in [-0.4, -0.2) is 52.8 Å². The van der Waals surface area contributed by atoms with Gasteiger partial charge in [-0.05, 0) is 12.8 Å². The van der Waals surface area contributed by atoms with Crippen molar-refractivity contribution in [2.24, 2.45) is 16.3 Å². The molecular weight excluding hydrogens is 267 g/mol. The lowest BCUT2D eigenvalue weighted by Gasteiger charge is -2.42. The van der Waals surface area contributed by atoms with Crippen LogP contribution in [0.1, 0.15) is 19.3 Å². The zero-order chi connectivity index (χ0) is 14.7. The number of aliphatic hydroxyl groups is 1. The molecule has 110 valence electrons. The first-order chi connectivity index (χ1) is 8.77. The number of alkyl halides is 3. The smallest absolute Gasteiger partial charge is 0.406 e. The molecular formula is C10H16F3N3O3. The summed E-state index contributed by atoms with van der Waals surface area (Å²) in [5.74, 6) is -1.24. The number of aliphatic hydroxyl groups excluding tert-OH is 1. The van der Waals surface area contributed by atoms with Gasteiger partial charge in [0.2, 0.25) is 5.91 Å². The number of halogens is 3. The Morgan fingerprint density at radius 1 is 1.42 bits per heavy atom. The monoisotopic (exact) mass is 283 g/mol. The van der Waals surface area contributed by atoms with Gasteiger partial charge in [0.25, 0.3) is 0 Å². The number of carbonyl (C=O) groups is 1. The molecule has 0 saturated heterocycles. The van der Waals surface area contributed by atoms with Crippen LogP contribution in [0.25, 0.3) is 0 Å². The minimum atomic E-state index is -4.57. The van der Waals surface area contributed by atoms with E-state index in [2.05, 4.69) is 5.16 Å². The third-order valence-electron chi connectivity index (χ3n) is 3.24. The highest BCUT2D eigenvalue weighted by Crippen LogP contribution is 2.43. The lowest BCUT2D eigenvalue weighted by Crippen LogP contribution is -2.57. The standard InChI is InChI=1S/C10H16F3N3O3/c11-10(12,13)6-16(4-5-17)8(18)9(2-1-3-9)7(14)15-19/h17,19H,1-6H2,(H2,14,15). The molecule has 0 atom stereocenters. The van der Waals surface area contributed by atoms with Crippen molar-refractivity contribution in [1.82, 2.24) is 4.90 Å². The van der Waals surface area contributed by atoms with Crippen LogP contribution in [0.4, 0.5) is 13.2 Å². The average Bonchev–Trinajstić information content (AvgIpc) is 2.24. The van der Waals surface area contributed by atoms with Crippen LogP contribution in [0.3, 0.4) is 0 Å². The molecule has 1 saturated carbocycles. The maximum absolute atomic E-state index is 12.4. The number of amides is 1. The second-order valence-electron chi connectivity index (χ2n) is 4.49. The van der Waals surface area contributed by atoms with Crippen LogP contribution >= 0.6 is 0 Å². The zero-order valence-corrected chi connectivity index (χ0v) is 10.2. The van der Waals surface area contributed by atoms with E-state index in [9.17, 15) is 18.0 Å². The van der Waals surface area contributed by atoms with Gasteiger partial charge in [0.15, 0.2) is 5.84 Å². The lowest BCUT2D eigenvalue weighted by atomic mass is 9.67. The molecule has 1 aliphatic carbocycles. The number of hydrogen-bond donors (Lipinski definition) is 3. The second-order valence-corrected chi connectivity index (χ2v) is 4.49. The highest BCUT2D eigenvalue weighted by Gasteiger charge is 2.51. The Kier molecular flexibility index (Phi) is 4.61. The van der Waals surface area contributed by atoms with Gasteiger partial charge in [0, 0.05) is 6.54 Å². The SMILES string of the molecule is NC(=NO)C1(C(=O)N(CCO)CC(F)(F)F)CCC1. The van der Waals surface area contributed by atoms with Crippen molar-refractivity contribution in [1.29, 1.82) is 0 Å². The highest BCUT2D eigenvalue weighted by atomic mass is 19.4. The van der Waals surface area contributed by atoms with E-state index in [1.54, 1.807) is 0 Å². The van der Waals surface area contributed by atoms with Gasteiger partial charge in [0.1, 0.15) is 12.0 Å². The summed E-state index contributed by atoms with van der Waals surface area (Å²) in [6, 6.07) is 0. The molecule has 6 nitrogen and oxygen atoms in total. The summed E-state index contributed by atoms with van der Waals surface area (Å²) in [5, 5.41) is 20.2. The minimum absolute atomic E-state index is 0.238. The highest BCUT2D eigenvalue weighted by molar-refractivity contribution is 6.07. The van der Waals surface area contributed by atoms with E-state index in [1.165, 1.54) is 0 Å². The second kappa shape index (κ2) is 5.64. The van der Waals surface area contributed by atoms with E-state index in [1.807, 2.05) is 0 Å². The molecule has 0 bridgehead atoms. The fourth-order valence-corrected chi connectivity index (χ4v) is 2.10. The van der Waals surface area contributed by atoms with Gasteiger partial charge < -0.3 is 20.9 Å². The molecule has 0 radical (unpaired) electrons. The summed E-state index contributed by atoms with van der Waals surface area (Å²) in [4.78, 5) is 12.7. The fourth-order valence-electron chi connectivity index (χ4n) is 2.10. The number of hydrogen-bond acceptors (Lipinski definition) is 4. The molecule has 0 unspecified atom stereocenters. The molecule has 0 aliphatic heterocycles. The summed E-state index contributed by atoms with van der Waals surface area (Å²) >= 11 is 0. The van der Waals surface area contributed by atoms with Crippen LogP contribution in [0.2, 0.25) is 0 Å². The first-order valence-corrected chi connectivity index (χ1v) is 5.72. The Labute approximate surface area is 107 Å². The quantitative estimate of drug-likeness (QED) is 0.292. The van der Waals surface area contributed by atoms with E-state index in [-0.39, 0.29) is 18.7 Å². The number of amidine groups is 1. The van der Waals surface area contributed by atoms with E-state index >= 15 is 0 Å². The molecule has 1 rings (SSSR count). The van der Waals surface area contributed by atoms with Crippen molar-refractivity contribution >= 4 is 11.7 Å². The summed E-state index contributed by atoms with van der Waals surface area (Å²) in [5.41, 5.74) is 4.05. The number of oxime groups is 1. The maximum atomic E-state index is 12.4. The number of carbonyl (C=O) groups excluding carboxylic acids is 1. The average molecular weight is 283 g/mol. The van der Waals surface area contributed by atoms with Gasteiger partial charge in [-0.3, -0.25) is 4.79 Å². The molecule has 0 aromatic heterocycles. The Bertz CT molecular complexity index is 367. The Morgan fingerprint density at radius 3 is 2.32 bits per heavy atom. The van der Waals surface area contributed by atoms with Crippen LogP contribution in [0.15, 0.2) is 5.16 Å². The van der Waals surface area contributed by atoms with Gasteiger partial charge in [-0.1, -0.05) is 11.6 Å². The molecule has 1 amide bonds. The normalized spacial score (nSPS) is 18.8. The van der Waals surface area contributed by atoms with Crippen LogP contribution in [0, 0.1) is 5.41 Å². The number of rotatable bonds is 5. The molecule has 0 aromatic rings. The Balaban J connectivity index is 2.92. The summed E-state index contributed by atoms with van der Waals surface area (Å²) < 4.78 is 37.2. The molecule has 0 spiro atoms. The molecule has 0 aromatic carbocycles. The van der Waals surface area contributed by atoms with Crippen LogP contribution < -0.4 is 5.73 Å². The van der Waals surface area contributed by atoms with E-state index < -0.39 is 37.2 Å². The summed E-state index contributed by atoms with van der Waals surface area (Å²) in [6.07, 6.45) is -3.48. The fraction of sp³-hybridized carbons (Fsp3) is 0.800. The molecule has 4 N–H and O–H groups in total. The largest absolute Gasteiger partial charge is 0.409 e. The molecule has 9 heteroatoms. The summed E-state index contributed by atoms with van der Waals surface area (Å²) in [6.45, 7) is -2.50. The predicted molar refractivity (Wildman–Crippen MR) is 59.4 cm³/mol. The third kappa shape index (κ3) is 3.28. The zero-order valence-electron chi connectivity index (χ0n) is 10.2. The van der Waals surface area contributed by atoms with Gasteiger partial charge in [-0.25, -0.2) is 0 Å². The van der Waals surface area contributed by atoms with Gasteiger partial charge >= 0.3 is 6.18 Å². The lowest BCUT2D eigenvalue weighted by molar-refractivity contribution is -0.168. The van der Waals surface area contributed by atoms with E-state index in [0.29, 0.717) is 11.3 Å². The summed E-state index contributed by atoms with van der Waals surface area (Å²) in [7, 11) is 0. The molecule has 19 heavy (non-hydrogen) atoms.